The quantitative estimate of drug-likeness (QED) is 0.379. The van der Waals surface area contributed by atoms with Crippen LogP contribution in [0.15, 0.2) is 30.3 Å². The Balaban J connectivity index is 1.67. The highest BCUT2D eigenvalue weighted by atomic mass is 32.2. The van der Waals surface area contributed by atoms with E-state index in [-0.39, 0.29) is 5.91 Å². The number of amides is 2. The van der Waals surface area contributed by atoms with Gasteiger partial charge in [-0.15, -0.1) is 11.8 Å². The number of carbonyl (C=O) groups is 4. The molecule has 2 aliphatic heterocycles. The number of nitrogens with one attached hydrogen (secondary N) is 1. The number of β-lactam (4-membered cyclic amide) rings is 1. The fourth-order valence-corrected chi connectivity index (χ4v) is 5.29. The summed E-state index contributed by atoms with van der Waals surface area (Å²) in [4.78, 5) is 50.4. The second-order valence-corrected chi connectivity index (χ2v) is 9.52. The number of hydrogen-bond donors (Lipinski definition) is 2. The van der Waals surface area contributed by atoms with Gasteiger partial charge >= 0.3 is 11.9 Å². The predicted molar refractivity (Wildman–Crippen MR) is 109 cm³/mol. The summed E-state index contributed by atoms with van der Waals surface area (Å²) in [5.74, 6) is -2.09. The summed E-state index contributed by atoms with van der Waals surface area (Å²) >= 11 is 1.40. The van der Waals surface area contributed by atoms with Gasteiger partial charge in [-0.25, -0.2) is 4.79 Å². The Kier molecular flexibility index (Phi) is 6.09. The summed E-state index contributed by atoms with van der Waals surface area (Å²) in [6.07, 6.45) is -1.06. The molecule has 0 spiro atoms. The number of ether oxygens (including phenoxy) is 2. The van der Waals surface area contributed by atoms with Crippen LogP contribution in [0.4, 0.5) is 0 Å². The maximum absolute atomic E-state index is 12.8. The molecular formula is C20H25N3O6S. The molecule has 162 valence electrons. The molecule has 2 fully saturated rings. The lowest BCUT2D eigenvalue weighted by atomic mass is 9.95. The largest absolute Gasteiger partial charge is 0.426 e. The maximum Gasteiger partial charge on any atom is 0.333 e. The van der Waals surface area contributed by atoms with Gasteiger partial charge in [-0.1, -0.05) is 30.3 Å². The number of carbonyl (C=O) groups excluding carboxylic acids is 4. The van der Waals surface area contributed by atoms with Crippen LogP contribution in [-0.4, -0.2) is 57.1 Å². The van der Waals surface area contributed by atoms with Crippen molar-refractivity contribution in [3.05, 3.63) is 35.9 Å². The number of hydrogen-bond acceptors (Lipinski definition) is 8. The zero-order valence-corrected chi connectivity index (χ0v) is 18.0. The smallest absolute Gasteiger partial charge is 0.333 e. The number of nitrogens with two attached hydrogens (primary N) is 1. The highest BCUT2D eigenvalue weighted by Crippen LogP contribution is 2.51. The van der Waals surface area contributed by atoms with E-state index in [1.165, 1.54) is 30.5 Å². The second kappa shape index (κ2) is 8.27. The first kappa shape index (κ1) is 22.1. The number of rotatable bonds is 6. The molecular weight excluding hydrogens is 410 g/mol. The van der Waals surface area contributed by atoms with Gasteiger partial charge in [-0.3, -0.25) is 14.4 Å². The summed E-state index contributed by atoms with van der Waals surface area (Å²) in [5.41, 5.74) is 6.65. The van der Waals surface area contributed by atoms with Crippen LogP contribution in [0.1, 0.15) is 39.3 Å². The lowest BCUT2D eigenvalue weighted by Crippen LogP contribution is -2.71. The Hall–Kier alpha value is -2.59. The normalized spacial score (nSPS) is 26.1. The van der Waals surface area contributed by atoms with Gasteiger partial charge in [0.15, 0.2) is 0 Å². The maximum atomic E-state index is 12.8. The minimum absolute atomic E-state index is 0.381. The van der Waals surface area contributed by atoms with E-state index in [2.05, 4.69) is 5.32 Å². The predicted octanol–water partition coefficient (Wildman–Crippen LogP) is 0.686. The number of thioether (sulfide) groups is 1. The third kappa shape index (κ3) is 4.15. The van der Waals surface area contributed by atoms with Crippen molar-refractivity contribution >= 4 is 35.5 Å². The van der Waals surface area contributed by atoms with E-state index in [1.807, 2.05) is 19.9 Å². The molecule has 0 aromatic heterocycles. The van der Waals surface area contributed by atoms with Crippen molar-refractivity contribution in [1.82, 2.24) is 10.2 Å². The minimum Gasteiger partial charge on any atom is -0.426 e. The van der Waals surface area contributed by atoms with E-state index in [1.54, 1.807) is 24.3 Å². The van der Waals surface area contributed by atoms with Crippen LogP contribution in [0.5, 0.6) is 0 Å². The molecule has 2 heterocycles. The van der Waals surface area contributed by atoms with E-state index in [9.17, 15) is 19.2 Å². The van der Waals surface area contributed by atoms with Crippen molar-refractivity contribution in [2.45, 2.75) is 62.2 Å². The van der Waals surface area contributed by atoms with Crippen LogP contribution < -0.4 is 11.1 Å². The standard InChI is InChI=1S/C20H25N3O6S/c1-10(24)28-11(2)29-19(27)15-20(3,4)30-18-14(17(26)23(15)18)22-16(25)13(21)12-8-6-5-7-9-12/h5-9,11,13-15,18H,21H2,1-4H3,(H,22,25)/t11?,13?,14-,15+,18-/m1/s1. The van der Waals surface area contributed by atoms with E-state index < -0.39 is 52.4 Å². The zero-order chi connectivity index (χ0) is 22.2. The van der Waals surface area contributed by atoms with E-state index in [0.717, 1.165) is 0 Å². The topological polar surface area (TPSA) is 128 Å². The summed E-state index contributed by atoms with van der Waals surface area (Å²) in [5, 5.41) is 2.29. The average molecular weight is 436 g/mol. The van der Waals surface area contributed by atoms with Crippen LogP contribution in [0.3, 0.4) is 0 Å². The van der Waals surface area contributed by atoms with Gasteiger partial charge in [0, 0.05) is 18.6 Å². The highest BCUT2D eigenvalue weighted by molar-refractivity contribution is 8.01. The molecule has 3 rings (SSSR count). The molecule has 2 amide bonds. The molecule has 10 heteroatoms. The lowest BCUT2D eigenvalue weighted by molar-refractivity contribution is -0.190. The fraction of sp³-hybridized carbons (Fsp3) is 0.500. The molecule has 2 aliphatic rings. The first-order valence-corrected chi connectivity index (χ1v) is 10.4. The summed E-state index contributed by atoms with van der Waals surface area (Å²) < 4.78 is 9.37. The van der Waals surface area contributed by atoms with Crippen molar-refractivity contribution < 1.29 is 28.7 Å². The molecule has 1 aromatic rings. The minimum atomic E-state index is -1.06. The first-order valence-electron chi connectivity index (χ1n) is 9.51. The van der Waals surface area contributed by atoms with Crippen molar-refractivity contribution in [3.63, 3.8) is 0 Å². The monoisotopic (exact) mass is 435 g/mol. The highest BCUT2D eigenvalue weighted by Gasteiger charge is 2.64. The molecule has 0 bridgehead atoms. The van der Waals surface area contributed by atoms with Gasteiger partial charge in [0.25, 0.3) is 0 Å². The van der Waals surface area contributed by atoms with Crippen LogP contribution in [0.2, 0.25) is 0 Å². The third-order valence-corrected chi connectivity index (χ3v) is 6.59. The van der Waals surface area contributed by atoms with Crippen molar-refractivity contribution in [2.75, 3.05) is 0 Å². The average Bonchev–Trinajstić information content (AvgIpc) is 2.93. The van der Waals surface area contributed by atoms with Crippen molar-refractivity contribution in [2.24, 2.45) is 5.73 Å². The zero-order valence-electron chi connectivity index (χ0n) is 17.2. The Labute approximate surface area is 178 Å². The molecule has 2 unspecified atom stereocenters. The van der Waals surface area contributed by atoms with E-state index in [0.29, 0.717) is 5.56 Å². The molecule has 30 heavy (non-hydrogen) atoms. The molecule has 0 saturated carbocycles. The number of nitrogens with zero attached hydrogens (tertiary/aromatic N) is 1. The third-order valence-electron chi connectivity index (χ3n) is 5.02. The van der Waals surface area contributed by atoms with E-state index >= 15 is 0 Å². The molecule has 1 aromatic carbocycles. The molecule has 9 nitrogen and oxygen atoms in total. The fourth-order valence-electron chi connectivity index (χ4n) is 3.67. The Morgan fingerprint density at radius 2 is 1.83 bits per heavy atom. The van der Waals surface area contributed by atoms with E-state index in [4.69, 9.17) is 15.2 Å². The Morgan fingerprint density at radius 1 is 1.20 bits per heavy atom. The Bertz CT molecular complexity index is 861. The second-order valence-electron chi connectivity index (χ2n) is 7.75. The van der Waals surface area contributed by atoms with Crippen LogP contribution >= 0.6 is 11.8 Å². The van der Waals surface area contributed by atoms with Crippen LogP contribution in [0.25, 0.3) is 0 Å². The molecule has 0 radical (unpaired) electrons. The van der Waals surface area contributed by atoms with Gasteiger partial charge in [0.2, 0.25) is 18.1 Å². The van der Waals surface area contributed by atoms with Crippen molar-refractivity contribution in [1.29, 1.82) is 0 Å². The summed E-state index contributed by atoms with van der Waals surface area (Å²) in [7, 11) is 0. The lowest BCUT2D eigenvalue weighted by Gasteiger charge is -2.44. The number of benzene rings is 1. The van der Waals surface area contributed by atoms with Gasteiger partial charge < -0.3 is 25.4 Å². The molecule has 2 saturated heterocycles. The van der Waals surface area contributed by atoms with Crippen LogP contribution in [-0.2, 0) is 28.7 Å². The van der Waals surface area contributed by atoms with Crippen LogP contribution in [0, 0.1) is 0 Å². The Morgan fingerprint density at radius 3 is 2.43 bits per heavy atom. The van der Waals surface area contributed by atoms with Gasteiger partial charge in [0.05, 0.1) is 0 Å². The summed E-state index contributed by atoms with van der Waals surface area (Å²) in [6.45, 7) is 6.28. The summed E-state index contributed by atoms with van der Waals surface area (Å²) in [6, 6.07) is 6.31. The molecule has 3 N–H and O–H groups in total. The van der Waals surface area contributed by atoms with Gasteiger partial charge in [0.1, 0.15) is 23.5 Å². The van der Waals surface area contributed by atoms with Gasteiger partial charge in [-0.05, 0) is 19.4 Å². The number of esters is 2. The SMILES string of the molecule is CC(=O)OC(C)OC(=O)[C@@H]1N2C(=O)[C@@H](NC(=O)C(N)c3ccccc3)[C@H]2SC1(C)C. The van der Waals surface area contributed by atoms with Gasteiger partial charge in [-0.2, -0.15) is 0 Å². The molecule has 0 aliphatic carbocycles. The van der Waals surface area contributed by atoms with Crippen molar-refractivity contribution in [3.8, 4) is 0 Å². The first-order chi connectivity index (χ1) is 14.0. The molecule has 5 atom stereocenters. The number of fused-ring (bicyclic) bond motifs is 1.